The van der Waals surface area contributed by atoms with Gasteiger partial charge in [0.1, 0.15) is 5.82 Å². The van der Waals surface area contributed by atoms with E-state index in [4.69, 9.17) is 0 Å². The van der Waals surface area contributed by atoms with Gasteiger partial charge in [0, 0.05) is 35.1 Å². The molecule has 1 aliphatic heterocycles. The fourth-order valence-corrected chi connectivity index (χ4v) is 3.44. The first kappa shape index (κ1) is 13.5. The molecule has 3 heterocycles. The summed E-state index contributed by atoms with van der Waals surface area (Å²) in [4.78, 5) is 9.14. The first-order chi connectivity index (χ1) is 10.8. The predicted molar refractivity (Wildman–Crippen MR) is 88.7 cm³/mol. The highest BCUT2D eigenvalue weighted by Gasteiger charge is 2.30. The number of rotatable bonds is 2. The number of hydrogen-bond donors (Lipinski definition) is 1. The number of pyridine rings is 1. The summed E-state index contributed by atoms with van der Waals surface area (Å²) >= 11 is 0. The third-order valence-corrected chi connectivity index (χ3v) is 4.79. The zero-order valence-corrected chi connectivity index (χ0v) is 12.8. The van der Waals surface area contributed by atoms with Crippen molar-refractivity contribution in [2.45, 2.75) is 25.3 Å². The molecule has 0 radical (unpaired) electrons. The van der Waals surface area contributed by atoms with E-state index >= 15 is 0 Å². The van der Waals surface area contributed by atoms with Gasteiger partial charge in [-0.3, -0.25) is 4.98 Å². The van der Waals surface area contributed by atoms with E-state index in [0.717, 1.165) is 48.2 Å². The molecule has 0 aliphatic carbocycles. The van der Waals surface area contributed by atoms with Gasteiger partial charge in [-0.2, -0.15) is 0 Å². The molecule has 4 rings (SSSR count). The highest BCUT2D eigenvalue weighted by molar-refractivity contribution is 5.92. The lowest BCUT2D eigenvalue weighted by Gasteiger charge is -2.36. The molecule has 1 saturated heterocycles. The van der Waals surface area contributed by atoms with Crippen LogP contribution in [0.4, 0.5) is 0 Å². The Morgan fingerprint density at radius 1 is 1.05 bits per heavy atom. The molecule has 4 heteroatoms. The number of nitrogens with one attached hydrogen (secondary N) is 1. The van der Waals surface area contributed by atoms with Gasteiger partial charge in [0.25, 0.3) is 0 Å². The molecule has 112 valence electrons. The van der Waals surface area contributed by atoms with Crippen LogP contribution >= 0.6 is 0 Å². The van der Waals surface area contributed by atoms with Crippen LogP contribution < -0.4 is 5.32 Å². The molecule has 1 aliphatic rings. The van der Waals surface area contributed by atoms with Crippen molar-refractivity contribution >= 4 is 10.9 Å². The normalized spacial score (nSPS) is 17.7. The molecule has 0 spiro atoms. The topological polar surface area (TPSA) is 42.7 Å². The molecule has 0 unspecified atom stereocenters. The molecule has 4 nitrogen and oxygen atoms in total. The third kappa shape index (κ3) is 2.11. The molecule has 0 saturated carbocycles. The molecular weight excluding hydrogens is 272 g/mol. The van der Waals surface area contributed by atoms with Gasteiger partial charge >= 0.3 is 0 Å². The highest BCUT2D eigenvalue weighted by atomic mass is 15.1. The Morgan fingerprint density at radius 2 is 1.91 bits per heavy atom. The van der Waals surface area contributed by atoms with Gasteiger partial charge < -0.3 is 9.88 Å². The lowest BCUT2D eigenvalue weighted by molar-refractivity contribution is 0.234. The van der Waals surface area contributed by atoms with Gasteiger partial charge in [-0.05, 0) is 45.0 Å². The molecule has 0 bridgehead atoms. The smallest absolute Gasteiger partial charge is 0.141 e. The monoisotopic (exact) mass is 292 g/mol. The van der Waals surface area contributed by atoms with Crippen molar-refractivity contribution in [3.05, 3.63) is 48.9 Å². The Bertz CT molecular complexity index is 794. The average molecular weight is 292 g/mol. The fraction of sp³-hybridized carbons (Fsp3) is 0.333. The zero-order valence-electron chi connectivity index (χ0n) is 12.8. The third-order valence-electron chi connectivity index (χ3n) is 4.79. The van der Waals surface area contributed by atoms with Crippen LogP contribution in [-0.2, 0) is 5.54 Å². The first-order valence-electron chi connectivity index (χ1n) is 7.87. The van der Waals surface area contributed by atoms with E-state index in [1.54, 1.807) is 0 Å². The number of benzene rings is 1. The average Bonchev–Trinajstić information content (AvgIpc) is 3.05. The number of fused-ring (bicyclic) bond motifs is 1. The minimum absolute atomic E-state index is 0.126. The predicted octanol–water partition coefficient (Wildman–Crippen LogP) is 3.20. The SMILES string of the molecule is CC1(n2ccnc2-c2cccc3ncccc23)CCNCC1. The van der Waals surface area contributed by atoms with Crippen LogP contribution in [0.3, 0.4) is 0 Å². The van der Waals surface area contributed by atoms with Crippen LogP contribution in [0, 0.1) is 0 Å². The summed E-state index contributed by atoms with van der Waals surface area (Å²) in [5, 5.41) is 4.61. The van der Waals surface area contributed by atoms with Crippen molar-refractivity contribution < 1.29 is 0 Å². The fourth-order valence-electron chi connectivity index (χ4n) is 3.44. The van der Waals surface area contributed by atoms with Crippen LogP contribution in [0.1, 0.15) is 19.8 Å². The van der Waals surface area contributed by atoms with Crippen LogP contribution in [0.5, 0.6) is 0 Å². The molecular formula is C18H20N4. The summed E-state index contributed by atoms with van der Waals surface area (Å²) < 4.78 is 2.36. The molecule has 3 aromatic rings. The molecule has 1 aromatic carbocycles. The van der Waals surface area contributed by atoms with Gasteiger partial charge in [0.15, 0.2) is 0 Å². The standard InChI is InChI=1S/C18H20N4/c1-18(7-10-19-11-8-18)22-13-12-21-17(22)15-4-2-6-16-14(15)5-3-9-20-16/h2-6,9,12-13,19H,7-8,10-11H2,1H3. The maximum atomic E-state index is 4.67. The van der Waals surface area contributed by atoms with Crippen molar-refractivity contribution in [3.8, 4) is 11.4 Å². The van der Waals surface area contributed by atoms with Crippen LogP contribution in [0.15, 0.2) is 48.9 Å². The highest BCUT2D eigenvalue weighted by Crippen LogP contribution is 2.34. The summed E-state index contributed by atoms with van der Waals surface area (Å²) in [7, 11) is 0. The molecule has 22 heavy (non-hydrogen) atoms. The second-order valence-corrected chi connectivity index (χ2v) is 6.24. The summed E-state index contributed by atoms with van der Waals surface area (Å²) in [6, 6.07) is 10.4. The second kappa shape index (κ2) is 5.21. The Labute approximate surface area is 130 Å². The van der Waals surface area contributed by atoms with E-state index in [-0.39, 0.29) is 5.54 Å². The molecule has 2 aromatic heterocycles. The van der Waals surface area contributed by atoms with Crippen molar-refractivity contribution in [1.82, 2.24) is 19.9 Å². The van der Waals surface area contributed by atoms with Crippen molar-refractivity contribution in [2.24, 2.45) is 0 Å². The summed E-state index contributed by atoms with van der Waals surface area (Å²) in [5.74, 6) is 1.04. The van der Waals surface area contributed by atoms with Gasteiger partial charge in [-0.25, -0.2) is 4.98 Å². The first-order valence-corrected chi connectivity index (χ1v) is 7.87. The Hall–Kier alpha value is -2.20. The number of aromatic nitrogens is 3. The van der Waals surface area contributed by atoms with Crippen LogP contribution in [-0.4, -0.2) is 27.6 Å². The quantitative estimate of drug-likeness (QED) is 0.789. The Kier molecular flexibility index (Phi) is 3.19. The van der Waals surface area contributed by atoms with E-state index in [2.05, 4.69) is 57.2 Å². The van der Waals surface area contributed by atoms with E-state index in [1.165, 1.54) is 0 Å². The maximum Gasteiger partial charge on any atom is 0.141 e. The van der Waals surface area contributed by atoms with E-state index < -0.39 is 0 Å². The minimum Gasteiger partial charge on any atom is -0.325 e. The molecule has 0 atom stereocenters. The van der Waals surface area contributed by atoms with Gasteiger partial charge in [0.2, 0.25) is 0 Å². The summed E-state index contributed by atoms with van der Waals surface area (Å²) in [5.41, 5.74) is 2.31. The number of piperidine rings is 1. The lowest BCUT2D eigenvalue weighted by atomic mass is 9.89. The summed E-state index contributed by atoms with van der Waals surface area (Å²) in [6.45, 7) is 4.46. The van der Waals surface area contributed by atoms with Crippen molar-refractivity contribution in [2.75, 3.05) is 13.1 Å². The zero-order chi connectivity index (χ0) is 15.0. The van der Waals surface area contributed by atoms with E-state index in [0.29, 0.717) is 0 Å². The molecule has 0 amide bonds. The van der Waals surface area contributed by atoms with Gasteiger partial charge in [-0.15, -0.1) is 0 Å². The van der Waals surface area contributed by atoms with Crippen LogP contribution in [0.2, 0.25) is 0 Å². The second-order valence-electron chi connectivity index (χ2n) is 6.24. The molecule has 1 fully saturated rings. The van der Waals surface area contributed by atoms with E-state index in [1.807, 2.05) is 18.5 Å². The lowest BCUT2D eigenvalue weighted by Crippen LogP contribution is -2.42. The van der Waals surface area contributed by atoms with Crippen LogP contribution in [0.25, 0.3) is 22.3 Å². The van der Waals surface area contributed by atoms with Crippen molar-refractivity contribution in [1.29, 1.82) is 0 Å². The Morgan fingerprint density at radius 3 is 2.77 bits per heavy atom. The summed E-state index contributed by atoms with van der Waals surface area (Å²) in [6.07, 6.45) is 8.12. The maximum absolute atomic E-state index is 4.67. The van der Waals surface area contributed by atoms with Gasteiger partial charge in [0.05, 0.1) is 5.52 Å². The number of imidazole rings is 1. The number of nitrogens with zero attached hydrogens (tertiary/aromatic N) is 3. The van der Waals surface area contributed by atoms with E-state index in [9.17, 15) is 0 Å². The number of hydrogen-bond acceptors (Lipinski definition) is 3. The minimum atomic E-state index is 0.126. The van der Waals surface area contributed by atoms with Crippen molar-refractivity contribution in [3.63, 3.8) is 0 Å². The van der Waals surface area contributed by atoms with Gasteiger partial charge in [-0.1, -0.05) is 18.2 Å². The Balaban J connectivity index is 1.88. The largest absolute Gasteiger partial charge is 0.325 e. The molecule has 1 N–H and O–H groups in total.